The normalized spacial score (nSPS) is 19.6. The number of ether oxygens (including phenoxy) is 1. The summed E-state index contributed by atoms with van der Waals surface area (Å²) in [5.74, 6) is 0.579. The minimum atomic E-state index is -0.265. The third-order valence-electron chi connectivity index (χ3n) is 5.11. The fraction of sp³-hybridized carbons (Fsp3) is 0.579. The van der Waals surface area contributed by atoms with Crippen LogP contribution in [-0.2, 0) is 11.4 Å². The summed E-state index contributed by atoms with van der Waals surface area (Å²) in [5, 5.41) is 4.83. The summed E-state index contributed by atoms with van der Waals surface area (Å²) in [7, 11) is 4.02. The van der Waals surface area contributed by atoms with Gasteiger partial charge in [-0.2, -0.15) is 5.10 Å². The molecule has 0 bridgehead atoms. The molecule has 2 atom stereocenters. The van der Waals surface area contributed by atoms with E-state index >= 15 is 0 Å². The van der Waals surface area contributed by atoms with Crippen LogP contribution in [0.15, 0.2) is 24.3 Å². The fourth-order valence-electron chi connectivity index (χ4n) is 3.20. The second kappa shape index (κ2) is 8.60. The van der Waals surface area contributed by atoms with Crippen LogP contribution in [0, 0.1) is 10.6 Å². The van der Waals surface area contributed by atoms with E-state index in [1.807, 2.05) is 23.3 Å². The molecule has 1 aliphatic heterocycles. The Balaban J connectivity index is 1.97. The van der Waals surface area contributed by atoms with Crippen molar-refractivity contribution in [3.05, 3.63) is 40.7 Å². The molecule has 27 heavy (non-hydrogen) atoms. The Labute approximate surface area is 165 Å². The molecule has 0 amide bonds. The Bertz CT molecular complexity index is 816. The molecule has 0 N–H and O–H groups in total. The van der Waals surface area contributed by atoms with Gasteiger partial charge in [-0.1, -0.05) is 6.92 Å². The minimum absolute atomic E-state index is 0.0612. The summed E-state index contributed by atoms with van der Waals surface area (Å²) in [6, 6.07) is 6.44. The number of halogens is 1. The van der Waals surface area contributed by atoms with Crippen molar-refractivity contribution in [1.82, 2.24) is 24.1 Å². The predicted molar refractivity (Wildman–Crippen MR) is 106 cm³/mol. The average molecular weight is 394 g/mol. The lowest BCUT2D eigenvalue weighted by atomic mass is 10.2. The van der Waals surface area contributed by atoms with Crippen LogP contribution in [0.25, 0.3) is 5.69 Å². The molecule has 8 heteroatoms. The van der Waals surface area contributed by atoms with Gasteiger partial charge in [0.05, 0.1) is 25.4 Å². The summed E-state index contributed by atoms with van der Waals surface area (Å²) >= 11 is 5.75. The average Bonchev–Trinajstić information content (AvgIpc) is 2.98. The van der Waals surface area contributed by atoms with Gasteiger partial charge in [0.1, 0.15) is 5.82 Å². The van der Waals surface area contributed by atoms with E-state index in [0.29, 0.717) is 11.4 Å². The van der Waals surface area contributed by atoms with Crippen molar-refractivity contribution in [2.24, 2.45) is 0 Å². The molecule has 1 aromatic heterocycles. The monoisotopic (exact) mass is 393 g/mol. The Morgan fingerprint density at radius 1 is 1.33 bits per heavy atom. The highest BCUT2D eigenvalue weighted by Gasteiger charge is 2.23. The van der Waals surface area contributed by atoms with Crippen molar-refractivity contribution >= 4 is 12.2 Å². The Morgan fingerprint density at radius 3 is 2.67 bits per heavy atom. The second-order valence-electron chi connectivity index (χ2n) is 7.21. The summed E-state index contributed by atoms with van der Waals surface area (Å²) in [6.45, 7) is 7.31. The molecule has 148 valence electrons. The maximum atomic E-state index is 13.4. The van der Waals surface area contributed by atoms with Gasteiger partial charge in [-0.05, 0) is 63.9 Å². The summed E-state index contributed by atoms with van der Waals surface area (Å²) in [4.78, 5) is 4.41. The molecule has 0 aliphatic carbocycles. The quantitative estimate of drug-likeness (QED) is 0.705. The number of benzene rings is 1. The molecular weight excluding hydrogens is 365 g/mol. The van der Waals surface area contributed by atoms with Crippen LogP contribution in [0.4, 0.5) is 4.39 Å². The van der Waals surface area contributed by atoms with Gasteiger partial charge in [-0.3, -0.25) is 14.4 Å². The van der Waals surface area contributed by atoms with Crippen molar-refractivity contribution in [3.8, 4) is 5.69 Å². The number of morpholine rings is 1. The molecular formula is C19H28FN5OS. The van der Waals surface area contributed by atoms with E-state index in [1.165, 1.54) is 12.1 Å². The Kier molecular flexibility index (Phi) is 6.41. The van der Waals surface area contributed by atoms with Crippen molar-refractivity contribution in [3.63, 3.8) is 0 Å². The molecule has 0 spiro atoms. The minimum Gasteiger partial charge on any atom is -0.376 e. The molecule has 0 radical (unpaired) electrons. The zero-order valence-electron chi connectivity index (χ0n) is 16.4. The standard InChI is InChI=1S/C19H28FN5OS/c1-5-17-12-23(10-11-26-17)13-24-19(27)25(16-8-6-15(20)7-9-16)18(21-24)14(2)22(3)4/h6-9,14,17H,5,10-13H2,1-4H3. The Morgan fingerprint density at radius 2 is 2.04 bits per heavy atom. The van der Waals surface area contributed by atoms with Crippen LogP contribution in [0.3, 0.4) is 0 Å². The van der Waals surface area contributed by atoms with E-state index in [2.05, 4.69) is 23.6 Å². The van der Waals surface area contributed by atoms with E-state index in [1.54, 1.807) is 12.1 Å². The number of aromatic nitrogens is 3. The van der Waals surface area contributed by atoms with Crippen LogP contribution < -0.4 is 0 Å². The molecule has 1 aromatic carbocycles. The first-order valence-electron chi connectivity index (χ1n) is 9.36. The number of rotatable bonds is 6. The third-order valence-corrected chi connectivity index (χ3v) is 5.50. The van der Waals surface area contributed by atoms with Crippen molar-refractivity contribution in [1.29, 1.82) is 0 Å². The van der Waals surface area contributed by atoms with Crippen LogP contribution in [-0.4, -0.2) is 64.0 Å². The number of hydrogen-bond acceptors (Lipinski definition) is 5. The smallest absolute Gasteiger partial charge is 0.203 e. The molecule has 1 aliphatic rings. The fourth-order valence-corrected chi connectivity index (χ4v) is 3.49. The van der Waals surface area contributed by atoms with E-state index in [-0.39, 0.29) is 18.0 Å². The van der Waals surface area contributed by atoms with Crippen LogP contribution >= 0.6 is 12.2 Å². The van der Waals surface area contributed by atoms with E-state index in [0.717, 1.165) is 37.6 Å². The highest BCUT2D eigenvalue weighted by molar-refractivity contribution is 7.71. The molecule has 1 saturated heterocycles. The molecule has 2 unspecified atom stereocenters. The van der Waals surface area contributed by atoms with Gasteiger partial charge in [0.2, 0.25) is 4.77 Å². The topological polar surface area (TPSA) is 38.5 Å². The van der Waals surface area contributed by atoms with Crippen molar-refractivity contribution in [2.75, 3.05) is 33.8 Å². The first kappa shape index (κ1) is 20.1. The maximum Gasteiger partial charge on any atom is 0.203 e. The van der Waals surface area contributed by atoms with Gasteiger partial charge in [-0.25, -0.2) is 9.07 Å². The van der Waals surface area contributed by atoms with Gasteiger partial charge in [0.25, 0.3) is 0 Å². The van der Waals surface area contributed by atoms with Crippen LogP contribution in [0.2, 0.25) is 0 Å². The van der Waals surface area contributed by atoms with Gasteiger partial charge < -0.3 is 4.74 Å². The molecule has 3 rings (SSSR count). The maximum absolute atomic E-state index is 13.4. The van der Waals surface area contributed by atoms with Gasteiger partial charge in [0, 0.05) is 18.8 Å². The highest BCUT2D eigenvalue weighted by atomic mass is 32.1. The van der Waals surface area contributed by atoms with Crippen molar-refractivity contribution < 1.29 is 9.13 Å². The van der Waals surface area contributed by atoms with E-state index in [4.69, 9.17) is 22.1 Å². The lowest BCUT2D eigenvalue weighted by Crippen LogP contribution is -2.43. The number of nitrogens with zero attached hydrogens (tertiary/aromatic N) is 5. The van der Waals surface area contributed by atoms with E-state index in [9.17, 15) is 4.39 Å². The molecule has 2 aromatic rings. The predicted octanol–water partition coefficient (Wildman–Crippen LogP) is 3.23. The summed E-state index contributed by atoms with van der Waals surface area (Å²) in [6.07, 6.45) is 1.25. The second-order valence-corrected chi connectivity index (χ2v) is 7.58. The largest absolute Gasteiger partial charge is 0.376 e. The first-order valence-corrected chi connectivity index (χ1v) is 9.77. The lowest BCUT2D eigenvalue weighted by molar-refractivity contribution is -0.0413. The molecule has 2 heterocycles. The van der Waals surface area contributed by atoms with Crippen LogP contribution in [0.1, 0.15) is 32.1 Å². The van der Waals surface area contributed by atoms with E-state index < -0.39 is 0 Å². The summed E-state index contributed by atoms with van der Waals surface area (Å²) < 4.78 is 23.6. The first-order chi connectivity index (χ1) is 12.9. The SMILES string of the molecule is CCC1CN(Cn2nc(C(C)N(C)C)n(-c3ccc(F)cc3)c2=S)CCO1. The van der Waals surface area contributed by atoms with Gasteiger partial charge in [0.15, 0.2) is 5.82 Å². The van der Waals surface area contributed by atoms with Crippen molar-refractivity contribution in [2.45, 2.75) is 39.1 Å². The van der Waals surface area contributed by atoms with Gasteiger partial charge >= 0.3 is 0 Å². The molecule has 1 fully saturated rings. The van der Waals surface area contributed by atoms with Crippen LogP contribution in [0.5, 0.6) is 0 Å². The zero-order chi connectivity index (χ0) is 19.6. The summed E-state index contributed by atoms with van der Waals surface area (Å²) in [5.41, 5.74) is 0.824. The Hall–Kier alpha value is -1.61. The van der Waals surface area contributed by atoms with Gasteiger partial charge in [-0.15, -0.1) is 0 Å². The molecule has 0 saturated carbocycles. The highest BCUT2D eigenvalue weighted by Crippen LogP contribution is 2.22. The third kappa shape index (κ3) is 4.45. The molecule has 6 nitrogen and oxygen atoms in total. The number of hydrogen-bond donors (Lipinski definition) is 0. The zero-order valence-corrected chi connectivity index (χ0v) is 17.2. The lowest BCUT2D eigenvalue weighted by Gasteiger charge is -2.32.